The van der Waals surface area contributed by atoms with Crippen LogP contribution >= 0.6 is 11.6 Å². The topological polar surface area (TPSA) is 12.0 Å². The van der Waals surface area contributed by atoms with E-state index >= 15 is 0 Å². The summed E-state index contributed by atoms with van der Waals surface area (Å²) in [5, 5.41) is 4.73. The van der Waals surface area contributed by atoms with E-state index in [0.717, 1.165) is 23.9 Å². The van der Waals surface area contributed by atoms with Crippen molar-refractivity contribution in [1.29, 1.82) is 0 Å². The Hall–Kier alpha value is -0.530. The molecule has 0 saturated heterocycles. The average molecular weight is 308 g/mol. The highest BCUT2D eigenvalue weighted by atomic mass is 35.5. The zero-order chi connectivity index (χ0) is 14.9. The molecule has 2 heteroatoms. The number of halogens is 1. The summed E-state index contributed by atoms with van der Waals surface area (Å²) in [5.74, 6) is 0.813. The van der Waals surface area contributed by atoms with Gasteiger partial charge in [-0.2, -0.15) is 0 Å². The molecule has 1 aromatic rings. The molecule has 118 valence electrons. The SMILES string of the molecule is CCCNC(Cc1ccccc1Cl)C1CCCCCCC1. The van der Waals surface area contributed by atoms with Crippen molar-refractivity contribution in [3.63, 3.8) is 0 Å². The second-order valence-electron chi connectivity index (χ2n) is 6.46. The zero-order valence-electron chi connectivity index (χ0n) is 13.4. The smallest absolute Gasteiger partial charge is 0.0438 e. The summed E-state index contributed by atoms with van der Waals surface area (Å²) in [4.78, 5) is 0. The van der Waals surface area contributed by atoms with Crippen molar-refractivity contribution in [2.24, 2.45) is 5.92 Å². The van der Waals surface area contributed by atoms with Crippen LogP contribution in [-0.2, 0) is 6.42 Å². The molecular weight excluding hydrogens is 278 g/mol. The Morgan fingerprint density at radius 2 is 1.76 bits per heavy atom. The highest BCUT2D eigenvalue weighted by Gasteiger charge is 2.22. The third kappa shape index (κ3) is 5.64. The molecule has 0 bridgehead atoms. The Morgan fingerprint density at radius 3 is 2.43 bits per heavy atom. The van der Waals surface area contributed by atoms with Crippen LogP contribution in [0.3, 0.4) is 0 Å². The molecule has 0 amide bonds. The standard InChI is InChI=1S/C19H30ClN/c1-2-14-21-19(15-17-12-8-9-13-18(17)20)16-10-6-4-3-5-7-11-16/h8-9,12-13,16,19,21H,2-7,10-11,14-15H2,1H3. The Kier molecular flexibility index (Phi) is 7.60. The van der Waals surface area contributed by atoms with Crippen LogP contribution in [0, 0.1) is 5.92 Å². The van der Waals surface area contributed by atoms with Crippen molar-refractivity contribution in [3.05, 3.63) is 34.9 Å². The monoisotopic (exact) mass is 307 g/mol. The first-order chi connectivity index (χ1) is 10.3. The Labute approximate surface area is 135 Å². The number of hydrogen-bond donors (Lipinski definition) is 1. The molecule has 1 fully saturated rings. The third-order valence-electron chi connectivity index (χ3n) is 4.77. The predicted molar refractivity (Wildman–Crippen MR) is 93.0 cm³/mol. The fraction of sp³-hybridized carbons (Fsp3) is 0.684. The predicted octanol–water partition coefficient (Wildman–Crippen LogP) is 5.61. The van der Waals surface area contributed by atoms with E-state index in [1.807, 2.05) is 12.1 Å². The lowest BCUT2D eigenvalue weighted by Crippen LogP contribution is -2.39. The quantitative estimate of drug-likeness (QED) is 0.720. The van der Waals surface area contributed by atoms with Crippen molar-refractivity contribution >= 4 is 11.6 Å². The van der Waals surface area contributed by atoms with E-state index in [1.54, 1.807) is 0 Å². The highest BCUT2D eigenvalue weighted by molar-refractivity contribution is 6.31. The van der Waals surface area contributed by atoms with E-state index in [9.17, 15) is 0 Å². The van der Waals surface area contributed by atoms with Crippen LogP contribution in [0.5, 0.6) is 0 Å². The largest absolute Gasteiger partial charge is 0.313 e. The molecule has 0 heterocycles. The summed E-state index contributed by atoms with van der Waals surface area (Å²) in [6.45, 7) is 3.36. The maximum Gasteiger partial charge on any atom is 0.0438 e. The normalized spacial score (nSPS) is 19.0. The first-order valence-corrected chi connectivity index (χ1v) is 9.16. The van der Waals surface area contributed by atoms with E-state index in [0.29, 0.717) is 6.04 Å². The fourth-order valence-electron chi connectivity index (χ4n) is 3.53. The minimum absolute atomic E-state index is 0.586. The van der Waals surface area contributed by atoms with Gasteiger partial charge in [-0.15, -0.1) is 0 Å². The lowest BCUT2D eigenvalue weighted by atomic mass is 9.83. The second kappa shape index (κ2) is 9.48. The Morgan fingerprint density at radius 1 is 1.10 bits per heavy atom. The summed E-state index contributed by atoms with van der Waals surface area (Å²) >= 11 is 6.37. The summed E-state index contributed by atoms with van der Waals surface area (Å²) < 4.78 is 0. The number of rotatable bonds is 6. The van der Waals surface area contributed by atoms with Crippen molar-refractivity contribution in [3.8, 4) is 0 Å². The second-order valence-corrected chi connectivity index (χ2v) is 6.87. The van der Waals surface area contributed by atoms with E-state index in [1.165, 1.54) is 56.9 Å². The van der Waals surface area contributed by atoms with Crippen LogP contribution < -0.4 is 5.32 Å². The van der Waals surface area contributed by atoms with Crippen LogP contribution in [0.25, 0.3) is 0 Å². The summed E-state index contributed by atoms with van der Waals surface area (Å²) in [7, 11) is 0. The van der Waals surface area contributed by atoms with Gasteiger partial charge >= 0.3 is 0 Å². The van der Waals surface area contributed by atoms with Crippen molar-refractivity contribution in [2.75, 3.05) is 6.54 Å². The van der Waals surface area contributed by atoms with Gasteiger partial charge in [0.15, 0.2) is 0 Å². The van der Waals surface area contributed by atoms with Gasteiger partial charge in [-0.05, 0) is 49.8 Å². The van der Waals surface area contributed by atoms with Gasteiger partial charge in [0.25, 0.3) is 0 Å². The van der Waals surface area contributed by atoms with Crippen LogP contribution in [0.2, 0.25) is 5.02 Å². The van der Waals surface area contributed by atoms with Gasteiger partial charge in [0.05, 0.1) is 0 Å². The summed E-state index contributed by atoms with van der Waals surface area (Å²) in [5.41, 5.74) is 1.30. The molecule has 1 nitrogen and oxygen atoms in total. The molecule has 1 aliphatic rings. The molecule has 1 aromatic carbocycles. The number of hydrogen-bond acceptors (Lipinski definition) is 1. The van der Waals surface area contributed by atoms with E-state index in [-0.39, 0.29) is 0 Å². The molecule has 0 aromatic heterocycles. The molecule has 1 saturated carbocycles. The Bertz CT molecular complexity index is 396. The van der Waals surface area contributed by atoms with E-state index < -0.39 is 0 Å². The van der Waals surface area contributed by atoms with Crippen LogP contribution in [-0.4, -0.2) is 12.6 Å². The molecule has 0 spiro atoms. The molecule has 0 aliphatic heterocycles. The van der Waals surface area contributed by atoms with Gasteiger partial charge in [0.2, 0.25) is 0 Å². The van der Waals surface area contributed by atoms with Gasteiger partial charge in [0, 0.05) is 11.1 Å². The third-order valence-corrected chi connectivity index (χ3v) is 5.14. The molecule has 0 radical (unpaired) electrons. The Balaban J connectivity index is 2.03. The van der Waals surface area contributed by atoms with Gasteiger partial charge in [-0.1, -0.05) is 68.8 Å². The molecule has 1 N–H and O–H groups in total. The fourth-order valence-corrected chi connectivity index (χ4v) is 3.74. The highest BCUT2D eigenvalue weighted by Crippen LogP contribution is 2.28. The van der Waals surface area contributed by atoms with Crippen LogP contribution in [0.4, 0.5) is 0 Å². The molecule has 1 atom stereocenters. The first-order valence-electron chi connectivity index (χ1n) is 8.78. The van der Waals surface area contributed by atoms with Gasteiger partial charge < -0.3 is 5.32 Å². The van der Waals surface area contributed by atoms with Crippen molar-refractivity contribution in [2.45, 2.75) is 70.8 Å². The average Bonchev–Trinajstić information content (AvgIpc) is 2.45. The minimum Gasteiger partial charge on any atom is -0.313 e. The van der Waals surface area contributed by atoms with Gasteiger partial charge in [-0.25, -0.2) is 0 Å². The van der Waals surface area contributed by atoms with Gasteiger partial charge in [0.1, 0.15) is 0 Å². The molecular formula is C19H30ClN. The lowest BCUT2D eigenvalue weighted by molar-refractivity contribution is 0.283. The van der Waals surface area contributed by atoms with Gasteiger partial charge in [-0.3, -0.25) is 0 Å². The zero-order valence-corrected chi connectivity index (χ0v) is 14.2. The lowest BCUT2D eigenvalue weighted by Gasteiger charge is -2.30. The van der Waals surface area contributed by atoms with E-state index in [2.05, 4.69) is 24.4 Å². The first kappa shape index (κ1) is 16.8. The molecule has 1 aliphatic carbocycles. The summed E-state index contributed by atoms with van der Waals surface area (Å²) in [6.07, 6.45) is 12.1. The molecule has 21 heavy (non-hydrogen) atoms. The minimum atomic E-state index is 0.586. The van der Waals surface area contributed by atoms with Crippen molar-refractivity contribution in [1.82, 2.24) is 5.32 Å². The maximum absolute atomic E-state index is 6.37. The number of benzene rings is 1. The number of nitrogens with one attached hydrogen (secondary N) is 1. The van der Waals surface area contributed by atoms with E-state index in [4.69, 9.17) is 11.6 Å². The maximum atomic E-state index is 6.37. The summed E-state index contributed by atoms with van der Waals surface area (Å²) in [6, 6.07) is 8.92. The molecule has 2 rings (SSSR count). The van der Waals surface area contributed by atoms with Crippen LogP contribution in [0.15, 0.2) is 24.3 Å². The molecule has 1 unspecified atom stereocenters. The van der Waals surface area contributed by atoms with Crippen LogP contribution in [0.1, 0.15) is 63.9 Å². The van der Waals surface area contributed by atoms with Crippen molar-refractivity contribution < 1.29 is 0 Å².